The van der Waals surface area contributed by atoms with Crippen molar-refractivity contribution < 1.29 is 9.84 Å². The van der Waals surface area contributed by atoms with Gasteiger partial charge in [-0.3, -0.25) is 0 Å². The molecule has 112 valence electrons. The lowest BCUT2D eigenvalue weighted by molar-refractivity contribution is 0.199. The van der Waals surface area contributed by atoms with Gasteiger partial charge in [0.1, 0.15) is 5.75 Å². The van der Waals surface area contributed by atoms with E-state index in [1.165, 1.54) is 5.56 Å². The van der Waals surface area contributed by atoms with Crippen molar-refractivity contribution >= 4 is 0 Å². The Morgan fingerprint density at radius 2 is 2.00 bits per heavy atom. The highest BCUT2D eigenvalue weighted by Gasteiger charge is 2.42. The fourth-order valence-corrected chi connectivity index (χ4v) is 2.57. The number of aliphatic hydroxyl groups excluding tert-OH is 1. The molecule has 0 aromatic heterocycles. The van der Waals surface area contributed by atoms with Gasteiger partial charge in [-0.25, -0.2) is 0 Å². The van der Waals surface area contributed by atoms with Gasteiger partial charge in [0.15, 0.2) is 0 Å². The Hall–Kier alpha value is -1.06. The largest absolute Gasteiger partial charge is 0.496 e. The molecule has 3 nitrogen and oxygen atoms in total. The minimum atomic E-state index is 0.161. The van der Waals surface area contributed by atoms with Gasteiger partial charge in [0.2, 0.25) is 0 Å². The molecule has 1 aliphatic carbocycles. The Bertz CT molecular complexity index is 427. The topological polar surface area (TPSA) is 41.5 Å². The molecule has 20 heavy (non-hydrogen) atoms. The van der Waals surface area contributed by atoms with Crippen molar-refractivity contribution in [2.45, 2.75) is 39.2 Å². The lowest BCUT2D eigenvalue weighted by atomic mass is 9.95. The molecule has 1 fully saturated rings. The van der Waals surface area contributed by atoms with Crippen LogP contribution in [0.25, 0.3) is 0 Å². The predicted octanol–water partition coefficient (Wildman–Crippen LogP) is 2.62. The molecule has 3 heteroatoms. The molecule has 0 heterocycles. The Balaban J connectivity index is 1.98. The molecule has 0 amide bonds. The fourth-order valence-electron chi connectivity index (χ4n) is 2.57. The zero-order valence-electron chi connectivity index (χ0n) is 12.9. The summed E-state index contributed by atoms with van der Waals surface area (Å²) in [6.07, 6.45) is 3.26. The molecule has 0 aliphatic heterocycles. The number of benzene rings is 1. The Labute approximate surface area is 122 Å². The quantitative estimate of drug-likeness (QED) is 0.767. The molecule has 2 N–H and O–H groups in total. The molecule has 2 rings (SSSR count). The molecule has 1 aromatic rings. The molecular formula is C17H27NO2. The first-order chi connectivity index (χ1) is 9.60. The SMILES string of the molecule is COc1ccccc1CC(NCC1(CO)CC1)C(C)C. The molecule has 0 bridgehead atoms. The number of rotatable bonds is 8. The zero-order chi connectivity index (χ0) is 14.6. The first kappa shape index (κ1) is 15.3. The summed E-state index contributed by atoms with van der Waals surface area (Å²) in [5.41, 5.74) is 1.41. The highest BCUT2D eigenvalue weighted by Crippen LogP contribution is 2.44. The number of hydrogen-bond donors (Lipinski definition) is 2. The minimum absolute atomic E-state index is 0.161. The van der Waals surface area contributed by atoms with Gasteiger partial charge in [0, 0.05) is 24.6 Å². The van der Waals surface area contributed by atoms with Crippen molar-refractivity contribution in [3.8, 4) is 5.75 Å². The molecule has 1 saturated carbocycles. The number of nitrogens with one attached hydrogen (secondary N) is 1. The van der Waals surface area contributed by atoms with E-state index in [0.29, 0.717) is 18.6 Å². The molecule has 1 atom stereocenters. The van der Waals surface area contributed by atoms with Gasteiger partial charge in [0.05, 0.1) is 7.11 Å². The van der Waals surface area contributed by atoms with Crippen molar-refractivity contribution in [2.75, 3.05) is 20.3 Å². The summed E-state index contributed by atoms with van der Waals surface area (Å²) in [4.78, 5) is 0. The van der Waals surface area contributed by atoms with E-state index in [1.807, 2.05) is 12.1 Å². The maximum atomic E-state index is 9.42. The first-order valence-corrected chi connectivity index (χ1v) is 7.56. The second kappa shape index (κ2) is 6.59. The third-order valence-electron chi connectivity index (χ3n) is 4.47. The second-order valence-electron chi connectivity index (χ2n) is 6.41. The van der Waals surface area contributed by atoms with Crippen LogP contribution in [0.15, 0.2) is 24.3 Å². The number of methoxy groups -OCH3 is 1. The van der Waals surface area contributed by atoms with Crippen LogP contribution in [0.3, 0.4) is 0 Å². The van der Waals surface area contributed by atoms with Crippen molar-refractivity contribution in [1.29, 1.82) is 0 Å². The molecule has 1 aromatic carbocycles. The summed E-state index contributed by atoms with van der Waals surface area (Å²) in [6, 6.07) is 8.63. The van der Waals surface area contributed by atoms with Crippen LogP contribution in [0.4, 0.5) is 0 Å². The van der Waals surface area contributed by atoms with E-state index >= 15 is 0 Å². The Morgan fingerprint density at radius 3 is 2.55 bits per heavy atom. The van der Waals surface area contributed by atoms with Gasteiger partial charge < -0.3 is 15.2 Å². The van der Waals surface area contributed by atoms with Crippen molar-refractivity contribution in [2.24, 2.45) is 11.3 Å². The van der Waals surface area contributed by atoms with Crippen LogP contribution in [-0.2, 0) is 6.42 Å². The van der Waals surface area contributed by atoms with E-state index in [1.54, 1.807) is 7.11 Å². The predicted molar refractivity (Wildman–Crippen MR) is 82.1 cm³/mol. The van der Waals surface area contributed by atoms with Gasteiger partial charge in [-0.15, -0.1) is 0 Å². The lowest BCUT2D eigenvalue weighted by Gasteiger charge is -2.25. The van der Waals surface area contributed by atoms with Crippen LogP contribution in [0.5, 0.6) is 5.75 Å². The van der Waals surface area contributed by atoms with Crippen LogP contribution in [0, 0.1) is 11.3 Å². The molecule has 0 spiro atoms. The van der Waals surface area contributed by atoms with Crippen LogP contribution in [0.2, 0.25) is 0 Å². The van der Waals surface area contributed by atoms with Crippen LogP contribution >= 0.6 is 0 Å². The van der Waals surface area contributed by atoms with E-state index in [2.05, 4.69) is 31.3 Å². The summed E-state index contributed by atoms with van der Waals surface area (Å²) in [5.74, 6) is 1.51. The van der Waals surface area contributed by atoms with Gasteiger partial charge >= 0.3 is 0 Å². The Morgan fingerprint density at radius 1 is 1.30 bits per heavy atom. The second-order valence-corrected chi connectivity index (χ2v) is 6.41. The van der Waals surface area contributed by atoms with Gasteiger partial charge in [-0.1, -0.05) is 32.0 Å². The van der Waals surface area contributed by atoms with Crippen molar-refractivity contribution in [3.05, 3.63) is 29.8 Å². The van der Waals surface area contributed by atoms with Crippen molar-refractivity contribution in [1.82, 2.24) is 5.32 Å². The van der Waals surface area contributed by atoms with Crippen LogP contribution in [-0.4, -0.2) is 31.4 Å². The number of ether oxygens (including phenoxy) is 1. The highest BCUT2D eigenvalue weighted by atomic mass is 16.5. The summed E-state index contributed by atoms with van der Waals surface area (Å²) >= 11 is 0. The number of para-hydroxylation sites is 1. The number of hydrogen-bond acceptors (Lipinski definition) is 3. The zero-order valence-corrected chi connectivity index (χ0v) is 12.9. The lowest BCUT2D eigenvalue weighted by Crippen LogP contribution is -2.40. The summed E-state index contributed by atoms with van der Waals surface area (Å²) in [7, 11) is 1.72. The maximum Gasteiger partial charge on any atom is 0.122 e. The van der Waals surface area contributed by atoms with Crippen molar-refractivity contribution in [3.63, 3.8) is 0 Å². The van der Waals surface area contributed by atoms with E-state index in [0.717, 1.165) is 31.6 Å². The standard InChI is InChI=1S/C17H27NO2/c1-13(2)15(18-11-17(12-19)8-9-17)10-14-6-4-5-7-16(14)20-3/h4-7,13,15,18-19H,8-12H2,1-3H3. The summed E-state index contributed by atoms with van der Waals surface area (Å²) in [5, 5.41) is 13.1. The Kier molecular flexibility index (Phi) is 5.06. The van der Waals surface area contributed by atoms with E-state index < -0.39 is 0 Å². The normalized spacial score (nSPS) is 18.1. The molecule has 1 aliphatic rings. The molecule has 0 radical (unpaired) electrons. The average Bonchev–Trinajstić information content (AvgIpc) is 3.24. The summed E-state index contributed by atoms with van der Waals surface area (Å²) < 4.78 is 5.44. The van der Waals surface area contributed by atoms with Gasteiger partial charge in [-0.2, -0.15) is 0 Å². The summed E-state index contributed by atoms with van der Waals surface area (Å²) in [6.45, 7) is 5.71. The minimum Gasteiger partial charge on any atom is -0.496 e. The fraction of sp³-hybridized carbons (Fsp3) is 0.647. The molecular weight excluding hydrogens is 250 g/mol. The monoisotopic (exact) mass is 277 g/mol. The average molecular weight is 277 g/mol. The van der Waals surface area contributed by atoms with E-state index in [4.69, 9.17) is 4.74 Å². The van der Waals surface area contributed by atoms with Gasteiger partial charge in [0.25, 0.3) is 0 Å². The smallest absolute Gasteiger partial charge is 0.122 e. The van der Waals surface area contributed by atoms with Gasteiger partial charge in [-0.05, 0) is 36.8 Å². The van der Waals surface area contributed by atoms with E-state index in [-0.39, 0.29) is 5.41 Å². The maximum absolute atomic E-state index is 9.42. The van der Waals surface area contributed by atoms with Crippen LogP contribution in [0.1, 0.15) is 32.3 Å². The third kappa shape index (κ3) is 3.74. The molecule has 0 saturated heterocycles. The third-order valence-corrected chi connectivity index (χ3v) is 4.47. The first-order valence-electron chi connectivity index (χ1n) is 7.56. The van der Waals surface area contributed by atoms with E-state index in [9.17, 15) is 5.11 Å². The van der Waals surface area contributed by atoms with Crippen LogP contribution < -0.4 is 10.1 Å². The highest BCUT2D eigenvalue weighted by molar-refractivity contribution is 5.33. The molecule has 1 unspecified atom stereocenters. The number of aliphatic hydroxyl groups is 1.